The molecule has 0 unspecified atom stereocenters. The number of nitrogens with zero attached hydrogens (tertiary/aromatic N) is 5. The van der Waals surface area contributed by atoms with Gasteiger partial charge in [-0.2, -0.15) is 10.4 Å². The van der Waals surface area contributed by atoms with Gasteiger partial charge in [-0.05, 0) is 43.9 Å². The minimum atomic E-state index is -0.744. The first-order valence-corrected chi connectivity index (χ1v) is 12.1. The van der Waals surface area contributed by atoms with E-state index in [2.05, 4.69) is 40.2 Å². The molecule has 0 aliphatic carbocycles. The van der Waals surface area contributed by atoms with E-state index in [-0.39, 0.29) is 12.5 Å². The third kappa shape index (κ3) is 4.93. The van der Waals surface area contributed by atoms with E-state index in [9.17, 15) is 15.2 Å². The Hall–Kier alpha value is -3.64. The van der Waals surface area contributed by atoms with Crippen LogP contribution >= 0.6 is 0 Å². The molecular weight excluding hydrogens is 444 g/mol. The number of aliphatic hydroxyl groups is 1. The number of fused-ring (bicyclic) bond motifs is 1. The number of hydrogen-bond acceptors (Lipinski definition) is 7. The highest BCUT2D eigenvalue weighted by atomic mass is 16.5. The molecule has 1 saturated heterocycles. The lowest BCUT2D eigenvalue weighted by Crippen LogP contribution is -2.51. The van der Waals surface area contributed by atoms with Gasteiger partial charge in [-0.1, -0.05) is 13.8 Å². The van der Waals surface area contributed by atoms with Crippen molar-refractivity contribution in [1.82, 2.24) is 19.9 Å². The first-order chi connectivity index (χ1) is 16.9. The Kier molecular flexibility index (Phi) is 7.22. The van der Waals surface area contributed by atoms with Gasteiger partial charge in [-0.3, -0.25) is 4.79 Å². The van der Waals surface area contributed by atoms with Gasteiger partial charge in [0, 0.05) is 37.0 Å². The molecule has 3 aromatic heterocycles. The van der Waals surface area contributed by atoms with Crippen molar-refractivity contribution in [2.24, 2.45) is 11.3 Å². The number of hydrogen-bond donors (Lipinski definition) is 2. The Morgan fingerprint density at radius 3 is 2.69 bits per heavy atom. The SMILES string of the molecule is CCOc1cc(-c2ccc(N3CCC(CO)(C(=O)NCC(C)C)CC3)nc2)c2c(C#N)cnn2c1. The van der Waals surface area contributed by atoms with Gasteiger partial charge in [-0.25, -0.2) is 9.50 Å². The molecule has 9 heteroatoms. The number of anilines is 1. The van der Waals surface area contributed by atoms with Gasteiger partial charge in [0.15, 0.2) is 0 Å². The number of carbonyl (C=O) groups is 1. The summed E-state index contributed by atoms with van der Waals surface area (Å²) in [6.07, 6.45) is 6.24. The van der Waals surface area contributed by atoms with Crippen LogP contribution in [0.2, 0.25) is 0 Å². The number of nitrogens with one attached hydrogen (secondary N) is 1. The van der Waals surface area contributed by atoms with Crippen molar-refractivity contribution in [2.45, 2.75) is 33.6 Å². The van der Waals surface area contributed by atoms with Crippen molar-refractivity contribution in [2.75, 3.05) is 37.7 Å². The van der Waals surface area contributed by atoms with Gasteiger partial charge in [-0.15, -0.1) is 0 Å². The third-order valence-corrected chi connectivity index (χ3v) is 6.58. The highest BCUT2D eigenvalue weighted by molar-refractivity contribution is 5.85. The second-order valence-corrected chi connectivity index (χ2v) is 9.42. The second kappa shape index (κ2) is 10.3. The molecule has 0 bridgehead atoms. The smallest absolute Gasteiger partial charge is 0.228 e. The Labute approximate surface area is 205 Å². The highest BCUT2D eigenvalue weighted by Gasteiger charge is 2.41. The molecule has 0 spiro atoms. The topological polar surface area (TPSA) is 116 Å². The molecule has 1 aliphatic rings. The fourth-order valence-electron chi connectivity index (χ4n) is 4.48. The van der Waals surface area contributed by atoms with E-state index in [1.165, 1.54) is 0 Å². The zero-order chi connectivity index (χ0) is 25.0. The molecule has 2 N–H and O–H groups in total. The summed E-state index contributed by atoms with van der Waals surface area (Å²) < 4.78 is 7.36. The normalized spacial score (nSPS) is 15.3. The molecule has 0 aromatic carbocycles. The third-order valence-electron chi connectivity index (χ3n) is 6.58. The van der Waals surface area contributed by atoms with Crippen LogP contribution in [0.15, 0.2) is 36.8 Å². The number of rotatable bonds is 8. The van der Waals surface area contributed by atoms with E-state index in [4.69, 9.17) is 4.74 Å². The van der Waals surface area contributed by atoms with E-state index in [0.29, 0.717) is 61.8 Å². The number of nitriles is 1. The van der Waals surface area contributed by atoms with E-state index >= 15 is 0 Å². The molecule has 3 aromatic rings. The Morgan fingerprint density at radius 2 is 2.09 bits per heavy atom. The first kappa shape index (κ1) is 24.5. The van der Waals surface area contributed by atoms with Crippen LogP contribution in [-0.2, 0) is 4.79 Å². The summed E-state index contributed by atoms with van der Waals surface area (Å²) in [6.45, 7) is 8.26. The summed E-state index contributed by atoms with van der Waals surface area (Å²) in [5.41, 5.74) is 2.13. The lowest BCUT2D eigenvalue weighted by atomic mass is 9.78. The van der Waals surface area contributed by atoms with Crippen LogP contribution in [-0.4, -0.2) is 58.5 Å². The predicted octanol–water partition coefficient (Wildman–Crippen LogP) is 3.02. The maximum atomic E-state index is 12.8. The van der Waals surface area contributed by atoms with Crippen molar-refractivity contribution < 1.29 is 14.6 Å². The van der Waals surface area contributed by atoms with Crippen molar-refractivity contribution >= 4 is 17.2 Å². The molecule has 4 rings (SSSR count). The molecular formula is C26H32N6O3. The molecule has 0 saturated carbocycles. The average Bonchev–Trinajstić information content (AvgIpc) is 3.30. The van der Waals surface area contributed by atoms with Gasteiger partial charge < -0.3 is 20.1 Å². The standard InChI is InChI=1S/C26H32N6O3/c1-4-35-21-11-22(24-20(12-27)15-30-32(24)16-21)19-5-6-23(28-14-19)31-9-7-26(17-33,8-10-31)25(34)29-13-18(2)3/h5-6,11,14-16,18,33H,4,7-10,13,17H2,1-3H3,(H,29,34). The molecule has 9 nitrogen and oxygen atoms in total. The molecule has 0 radical (unpaired) electrons. The van der Waals surface area contributed by atoms with Crippen molar-refractivity contribution in [3.8, 4) is 22.9 Å². The Morgan fingerprint density at radius 1 is 1.31 bits per heavy atom. The van der Waals surface area contributed by atoms with E-state index in [1.807, 2.05) is 25.1 Å². The van der Waals surface area contributed by atoms with Gasteiger partial charge in [0.05, 0.1) is 42.1 Å². The molecule has 1 amide bonds. The average molecular weight is 477 g/mol. The zero-order valence-electron chi connectivity index (χ0n) is 20.5. The van der Waals surface area contributed by atoms with Gasteiger partial charge in [0.1, 0.15) is 17.6 Å². The van der Waals surface area contributed by atoms with Gasteiger partial charge in [0.2, 0.25) is 5.91 Å². The largest absolute Gasteiger partial charge is 0.492 e. The van der Waals surface area contributed by atoms with Crippen LogP contribution in [0, 0.1) is 22.7 Å². The maximum absolute atomic E-state index is 12.8. The van der Waals surface area contributed by atoms with Crippen molar-refractivity contribution in [1.29, 1.82) is 5.26 Å². The molecule has 4 heterocycles. The molecule has 0 atom stereocenters. The lowest BCUT2D eigenvalue weighted by Gasteiger charge is -2.40. The highest BCUT2D eigenvalue weighted by Crippen LogP contribution is 2.35. The summed E-state index contributed by atoms with van der Waals surface area (Å²) >= 11 is 0. The van der Waals surface area contributed by atoms with E-state index < -0.39 is 5.41 Å². The lowest BCUT2D eigenvalue weighted by molar-refractivity contribution is -0.135. The number of piperidine rings is 1. The molecule has 1 fully saturated rings. The van der Waals surface area contributed by atoms with Crippen molar-refractivity contribution in [3.63, 3.8) is 0 Å². The zero-order valence-corrected chi connectivity index (χ0v) is 20.5. The van der Waals surface area contributed by atoms with Crippen molar-refractivity contribution in [3.05, 3.63) is 42.4 Å². The number of ether oxygens (including phenoxy) is 1. The van der Waals surface area contributed by atoms with Crippen LogP contribution in [0.25, 0.3) is 16.6 Å². The van der Waals surface area contributed by atoms with Crippen LogP contribution in [0.1, 0.15) is 39.2 Å². The van der Waals surface area contributed by atoms with Crippen LogP contribution < -0.4 is 15.0 Å². The number of aromatic nitrogens is 3. The Balaban J connectivity index is 1.54. The monoisotopic (exact) mass is 476 g/mol. The number of amides is 1. The number of aliphatic hydroxyl groups excluding tert-OH is 1. The number of pyridine rings is 2. The summed E-state index contributed by atoms with van der Waals surface area (Å²) in [6, 6.07) is 8.04. The van der Waals surface area contributed by atoms with Crippen LogP contribution in [0.4, 0.5) is 5.82 Å². The second-order valence-electron chi connectivity index (χ2n) is 9.42. The summed E-state index contributed by atoms with van der Waals surface area (Å²) in [5.74, 6) is 1.77. The minimum Gasteiger partial charge on any atom is -0.492 e. The molecule has 184 valence electrons. The minimum absolute atomic E-state index is 0.0658. The molecule has 35 heavy (non-hydrogen) atoms. The predicted molar refractivity (Wildman–Crippen MR) is 133 cm³/mol. The fourth-order valence-corrected chi connectivity index (χ4v) is 4.48. The van der Waals surface area contributed by atoms with Crippen LogP contribution in [0.5, 0.6) is 5.75 Å². The maximum Gasteiger partial charge on any atom is 0.228 e. The summed E-state index contributed by atoms with van der Waals surface area (Å²) in [7, 11) is 0. The summed E-state index contributed by atoms with van der Waals surface area (Å²) in [5, 5.41) is 26.9. The Bertz CT molecular complexity index is 1220. The van der Waals surface area contributed by atoms with E-state index in [0.717, 1.165) is 16.9 Å². The quantitative estimate of drug-likeness (QED) is 0.513. The first-order valence-electron chi connectivity index (χ1n) is 12.1. The number of carbonyl (C=O) groups excluding carboxylic acids is 1. The van der Waals surface area contributed by atoms with Gasteiger partial charge in [0.25, 0.3) is 0 Å². The van der Waals surface area contributed by atoms with Crippen LogP contribution in [0.3, 0.4) is 0 Å². The van der Waals surface area contributed by atoms with Gasteiger partial charge >= 0.3 is 0 Å². The molecule has 1 aliphatic heterocycles. The fraction of sp³-hybridized carbons (Fsp3) is 0.462. The van der Waals surface area contributed by atoms with E-state index in [1.54, 1.807) is 23.1 Å². The summed E-state index contributed by atoms with van der Waals surface area (Å²) in [4.78, 5) is 19.6.